The molecule has 0 unspecified atom stereocenters. The number of ether oxygens (including phenoxy) is 1. The Balaban J connectivity index is 1.48. The van der Waals surface area contributed by atoms with E-state index in [0.29, 0.717) is 46.8 Å². The van der Waals surface area contributed by atoms with Crippen molar-refractivity contribution in [1.29, 1.82) is 0 Å². The van der Waals surface area contributed by atoms with Crippen molar-refractivity contribution < 1.29 is 14.3 Å². The molecule has 0 radical (unpaired) electrons. The lowest BCUT2D eigenvalue weighted by atomic mass is 9.84. The molecule has 37 heavy (non-hydrogen) atoms. The highest BCUT2D eigenvalue weighted by Gasteiger charge is 2.19. The first kappa shape index (κ1) is 27.2. The van der Waals surface area contributed by atoms with Gasteiger partial charge in [0.15, 0.2) is 10.9 Å². The van der Waals surface area contributed by atoms with E-state index >= 15 is 0 Å². The number of hydrogen-bond acceptors (Lipinski definition) is 6. The van der Waals surface area contributed by atoms with Gasteiger partial charge in [-0.15, -0.1) is 10.2 Å². The van der Waals surface area contributed by atoms with E-state index in [1.807, 2.05) is 22.8 Å². The second kappa shape index (κ2) is 13.1. The largest absolute Gasteiger partial charge is 0.495 e. The lowest BCUT2D eigenvalue weighted by molar-refractivity contribution is -0.118. The molecular formula is C28H33ClN4O3S. The Hall–Kier alpha value is -2.84. The number of Topliss-reactive ketones (excluding diaryl/α,β-unsaturated/α-hetero) is 1. The second-order valence-electron chi connectivity index (χ2n) is 9.31. The van der Waals surface area contributed by atoms with Gasteiger partial charge < -0.3 is 10.1 Å². The summed E-state index contributed by atoms with van der Waals surface area (Å²) in [5, 5.41) is 12.7. The Kier molecular flexibility index (Phi) is 9.63. The maximum Gasteiger partial charge on any atom is 0.216 e. The molecule has 1 amide bonds. The first-order valence-corrected chi connectivity index (χ1v) is 14.1. The minimum atomic E-state index is -0.0649. The van der Waals surface area contributed by atoms with Crippen molar-refractivity contribution in [3.63, 3.8) is 0 Å². The van der Waals surface area contributed by atoms with E-state index in [2.05, 4.69) is 27.6 Å². The fourth-order valence-corrected chi connectivity index (χ4v) is 5.83. The summed E-state index contributed by atoms with van der Waals surface area (Å²) < 4.78 is 7.21. The Morgan fingerprint density at radius 3 is 2.54 bits per heavy atom. The van der Waals surface area contributed by atoms with Gasteiger partial charge in [0.1, 0.15) is 11.6 Å². The van der Waals surface area contributed by atoms with Gasteiger partial charge in [0, 0.05) is 25.5 Å². The van der Waals surface area contributed by atoms with Crippen molar-refractivity contribution in [1.82, 2.24) is 20.1 Å². The predicted octanol–water partition coefficient (Wildman–Crippen LogP) is 6.02. The van der Waals surface area contributed by atoms with E-state index in [4.69, 9.17) is 16.3 Å². The number of methoxy groups -OCH3 is 1. The molecule has 1 saturated carbocycles. The van der Waals surface area contributed by atoms with Crippen LogP contribution in [-0.4, -0.2) is 45.9 Å². The Bertz CT molecular complexity index is 1220. The lowest BCUT2D eigenvalue weighted by Gasteiger charge is -2.22. The van der Waals surface area contributed by atoms with Gasteiger partial charge in [-0.05, 0) is 48.9 Å². The number of hydrogen-bond donors (Lipinski definition) is 1. The minimum Gasteiger partial charge on any atom is -0.495 e. The fourth-order valence-electron chi connectivity index (χ4n) is 4.71. The molecule has 1 aliphatic rings. The molecular weight excluding hydrogens is 508 g/mol. The number of aromatic nitrogens is 3. The number of carbonyl (C=O) groups is 2. The number of carbonyl (C=O) groups excluding carboxylic acids is 2. The summed E-state index contributed by atoms with van der Waals surface area (Å²) in [6, 6.07) is 13.6. The molecule has 196 valence electrons. The van der Waals surface area contributed by atoms with Gasteiger partial charge in [0.25, 0.3) is 0 Å². The average molecular weight is 541 g/mol. The van der Waals surface area contributed by atoms with Crippen LogP contribution in [-0.2, 0) is 11.2 Å². The number of thioether (sulfide) groups is 1. The van der Waals surface area contributed by atoms with Gasteiger partial charge in [-0.3, -0.25) is 14.2 Å². The van der Waals surface area contributed by atoms with Gasteiger partial charge in [0.05, 0.1) is 23.6 Å². The van der Waals surface area contributed by atoms with Gasteiger partial charge in [0.2, 0.25) is 5.91 Å². The van der Waals surface area contributed by atoms with Crippen LogP contribution in [0.2, 0.25) is 5.02 Å². The molecule has 1 N–H and O–H groups in total. The molecule has 1 heterocycles. The highest BCUT2D eigenvalue weighted by molar-refractivity contribution is 7.99. The molecule has 0 atom stereocenters. The summed E-state index contributed by atoms with van der Waals surface area (Å²) in [6.07, 6.45) is 7.69. The average Bonchev–Trinajstić information content (AvgIpc) is 3.32. The first-order valence-electron chi connectivity index (χ1n) is 12.7. The number of rotatable bonds is 11. The first-order chi connectivity index (χ1) is 18.0. The van der Waals surface area contributed by atoms with Crippen molar-refractivity contribution >= 4 is 35.1 Å². The van der Waals surface area contributed by atoms with Crippen LogP contribution in [0.5, 0.6) is 5.75 Å². The monoisotopic (exact) mass is 540 g/mol. The van der Waals surface area contributed by atoms with Crippen LogP contribution < -0.4 is 10.1 Å². The summed E-state index contributed by atoms with van der Waals surface area (Å²) >= 11 is 7.76. The maximum absolute atomic E-state index is 13.0. The second-order valence-corrected chi connectivity index (χ2v) is 10.7. The summed E-state index contributed by atoms with van der Waals surface area (Å²) in [6.45, 7) is 2.04. The molecule has 2 aromatic carbocycles. The Morgan fingerprint density at radius 1 is 1.11 bits per heavy atom. The number of benzene rings is 2. The van der Waals surface area contributed by atoms with Crippen LogP contribution in [0, 0.1) is 0 Å². The van der Waals surface area contributed by atoms with Gasteiger partial charge in [-0.2, -0.15) is 0 Å². The maximum atomic E-state index is 13.0. The normalized spacial score (nSPS) is 13.9. The molecule has 3 aromatic rings. The van der Waals surface area contributed by atoms with Gasteiger partial charge >= 0.3 is 0 Å². The molecule has 0 bridgehead atoms. The quantitative estimate of drug-likeness (QED) is 0.182. The zero-order valence-electron chi connectivity index (χ0n) is 21.3. The third-order valence-electron chi connectivity index (χ3n) is 6.69. The third kappa shape index (κ3) is 7.14. The highest BCUT2D eigenvalue weighted by Crippen LogP contribution is 2.33. The number of amides is 1. The summed E-state index contributed by atoms with van der Waals surface area (Å²) in [5.74, 6) is 2.16. The summed E-state index contributed by atoms with van der Waals surface area (Å²) in [4.78, 5) is 24.2. The summed E-state index contributed by atoms with van der Waals surface area (Å²) in [7, 11) is 1.57. The van der Waals surface area contributed by atoms with Crippen LogP contribution in [0.25, 0.3) is 5.69 Å². The number of ketones is 1. The van der Waals surface area contributed by atoms with Gasteiger partial charge in [-0.1, -0.05) is 66.9 Å². The molecule has 7 nitrogen and oxygen atoms in total. The molecule has 9 heteroatoms. The predicted molar refractivity (Wildman–Crippen MR) is 147 cm³/mol. The topological polar surface area (TPSA) is 86.1 Å². The SMILES string of the molecule is COc1ccc(-n2c(CCCNC(C)=O)nnc2SCC(=O)c2ccc(C3CCCCC3)cc2)cc1Cl. The van der Waals surface area contributed by atoms with E-state index in [1.165, 1.54) is 56.4 Å². The van der Waals surface area contributed by atoms with Crippen molar-refractivity contribution in [2.75, 3.05) is 19.4 Å². The summed E-state index contributed by atoms with van der Waals surface area (Å²) in [5.41, 5.74) is 2.84. The van der Waals surface area contributed by atoms with E-state index < -0.39 is 0 Å². The van der Waals surface area contributed by atoms with Crippen LogP contribution >= 0.6 is 23.4 Å². The number of halogens is 1. The minimum absolute atomic E-state index is 0.0507. The van der Waals surface area contributed by atoms with E-state index in [-0.39, 0.29) is 17.4 Å². The van der Waals surface area contributed by atoms with Crippen molar-refractivity contribution in [2.24, 2.45) is 0 Å². The molecule has 1 aromatic heterocycles. The van der Waals surface area contributed by atoms with Crippen molar-refractivity contribution in [2.45, 2.75) is 62.9 Å². The Morgan fingerprint density at radius 2 is 1.86 bits per heavy atom. The smallest absolute Gasteiger partial charge is 0.216 e. The molecule has 1 aliphatic carbocycles. The lowest BCUT2D eigenvalue weighted by Crippen LogP contribution is -2.21. The fraction of sp³-hybridized carbons (Fsp3) is 0.429. The Labute approximate surface area is 227 Å². The highest BCUT2D eigenvalue weighted by atomic mass is 35.5. The number of aryl methyl sites for hydroxylation is 1. The standard InChI is InChI=1S/C28H33ClN4O3S/c1-19(34)30-16-6-9-27-31-32-28(33(27)23-14-15-26(36-2)24(29)17-23)37-18-25(35)22-12-10-21(11-13-22)20-7-4-3-5-8-20/h10-15,17,20H,3-9,16,18H2,1-2H3,(H,30,34). The van der Waals surface area contributed by atoms with Gasteiger partial charge in [-0.25, -0.2) is 0 Å². The van der Waals surface area contributed by atoms with Crippen LogP contribution in [0.3, 0.4) is 0 Å². The van der Waals surface area contributed by atoms with Crippen LogP contribution in [0.1, 0.15) is 73.1 Å². The number of nitrogens with zero attached hydrogens (tertiary/aromatic N) is 3. The number of nitrogens with one attached hydrogen (secondary N) is 1. The molecule has 0 aliphatic heterocycles. The molecule has 4 rings (SSSR count). The van der Waals surface area contributed by atoms with Crippen LogP contribution in [0.4, 0.5) is 0 Å². The van der Waals surface area contributed by atoms with E-state index in [0.717, 1.165) is 11.5 Å². The van der Waals surface area contributed by atoms with Crippen molar-refractivity contribution in [3.05, 3.63) is 64.4 Å². The zero-order chi connectivity index (χ0) is 26.2. The third-order valence-corrected chi connectivity index (χ3v) is 7.91. The molecule has 0 spiro atoms. The molecule has 0 saturated heterocycles. The van der Waals surface area contributed by atoms with Crippen molar-refractivity contribution in [3.8, 4) is 11.4 Å². The van der Waals surface area contributed by atoms with Crippen LogP contribution in [0.15, 0.2) is 47.6 Å². The molecule has 1 fully saturated rings. The van der Waals surface area contributed by atoms with E-state index in [1.54, 1.807) is 19.2 Å². The zero-order valence-corrected chi connectivity index (χ0v) is 22.9. The van der Waals surface area contributed by atoms with E-state index in [9.17, 15) is 9.59 Å².